The van der Waals surface area contributed by atoms with Crippen LogP contribution < -0.4 is 5.32 Å². The van der Waals surface area contributed by atoms with Gasteiger partial charge in [-0.3, -0.25) is 9.48 Å². The molecule has 1 fully saturated rings. The number of nitrogens with zero attached hydrogens (tertiary/aromatic N) is 3. The Balaban J connectivity index is 1.82. The number of sulfone groups is 1. The van der Waals surface area contributed by atoms with E-state index in [0.717, 1.165) is 5.56 Å². The number of carbonyl (C=O) groups excluding carboxylic acids is 1. The van der Waals surface area contributed by atoms with Gasteiger partial charge in [-0.25, -0.2) is 8.42 Å². The molecule has 7 nitrogen and oxygen atoms in total. The zero-order chi connectivity index (χ0) is 19.6. The average molecular weight is 386 g/mol. The summed E-state index contributed by atoms with van der Waals surface area (Å²) < 4.78 is 25.1. The van der Waals surface area contributed by atoms with Crippen LogP contribution in [0.1, 0.15) is 53.8 Å². The van der Waals surface area contributed by atoms with Crippen molar-refractivity contribution in [3.63, 3.8) is 0 Å². The van der Waals surface area contributed by atoms with E-state index in [9.17, 15) is 13.2 Å². The van der Waals surface area contributed by atoms with Gasteiger partial charge in [-0.2, -0.15) is 10.4 Å². The Hall–Kier alpha value is -2.66. The number of anilines is 1. The number of hydrogen-bond acceptors (Lipinski definition) is 5. The van der Waals surface area contributed by atoms with Crippen molar-refractivity contribution in [2.75, 3.05) is 16.8 Å². The molecule has 2 aromatic rings. The maximum atomic E-state index is 12.8. The Morgan fingerprint density at radius 2 is 2.07 bits per heavy atom. The fraction of sp³-hybridized carbons (Fsp3) is 0.421. The Morgan fingerprint density at radius 1 is 1.37 bits per heavy atom. The minimum Gasteiger partial charge on any atom is -0.322 e. The molecule has 1 N–H and O–H groups in total. The van der Waals surface area contributed by atoms with E-state index in [1.165, 1.54) is 0 Å². The van der Waals surface area contributed by atoms with Crippen LogP contribution in [0.3, 0.4) is 0 Å². The molecule has 0 aliphatic carbocycles. The molecule has 27 heavy (non-hydrogen) atoms. The molecule has 0 unspecified atom stereocenters. The van der Waals surface area contributed by atoms with E-state index in [4.69, 9.17) is 5.26 Å². The molecular weight excluding hydrogens is 364 g/mol. The lowest BCUT2D eigenvalue weighted by molar-refractivity contribution is 0.102. The molecule has 1 aliphatic rings. The average Bonchev–Trinajstić information content (AvgIpc) is 3.20. The van der Waals surface area contributed by atoms with Gasteiger partial charge in [0.15, 0.2) is 9.84 Å². The topological polar surface area (TPSA) is 105 Å². The van der Waals surface area contributed by atoms with E-state index in [0.29, 0.717) is 29.8 Å². The highest BCUT2D eigenvalue weighted by molar-refractivity contribution is 7.91. The number of aromatic nitrogens is 2. The molecule has 0 saturated carbocycles. The molecule has 1 aliphatic heterocycles. The quantitative estimate of drug-likeness (QED) is 0.850. The van der Waals surface area contributed by atoms with Gasteiger partial charge in [-0.05, 0) is 30.0 Å². The molecule has 0 radical (unpaired) electrons. The zero-order valence-corrected chi connectivity index (χ0v) is 16.2. The predicted molar refractivity (Wildman–Crippen MR) is 102 cm³/mol. The predicted octanol–water partition coefficient (Wildman–Crippen LogP) is 2.68. The van der Waals surface area contributed by atoms with Gasteiger partial charge in [0, 0.05) is 11.9 Å². The summed E-state index contributed by atoms with van der Waals surface area (Å²) in [7, 11) is -3.03. The van der Waals surface area contributed by atoms with E-state index >= 15 is 0 Å². The number of nitriles is 1. The first-order valence-corrected chi connectivity index (χ1v) is 10.7. The molecule has 0 spiro atoms. The summed E-state index contributed by atoms with van der Waals surface area (Å²) >= 11 is 0. The smallest absolute Gasteiger partial charge is 0.259 e. The van der Waals surface area contributed by atoms with E-state index in [-0.39, 0.29) is 29.4 Å². The third-order valence-corrected chi connectivity index (χ3v) is 6.38. The molecule has 1 aromatic heterocycles. The van der Waals surface area contributed by atoms with Crippen molar-refractivity contribution in [3.8, 4) is 6.07 Å². The molecular formula is C19H22N4O3S. The maximum Gasteiger partial charge on any atom is 0.259 e. The summed E-state index contributed by atoms with van der Waals surface area (Å²) in [5, 5.41) is 16.1. The third-order valence-electron chi connectivity index (χ3n) is 4.63. The second-order valence-corrected chi connectivity index (χ2v) is 9.33. The summed E-state index contributed by atoms with van der Waals surface area (Å²) in [5.41, 5.74) is 2.62. The van der Waals surface area contributed by atoms with Gasteiger partial charge in [0.2, 0.25) is 0 Å². The highest BCUT2D eigenvalue weighted by atomic mass is 32.2. The number of nitrogens with one attached hydrogen (secondary N) is 1. The number of benzene rings is 1. The van der Waals surface area contributed by atoms with Gasteiger partial charge in [0.1, 0.15) is 0 Å². The van der Waals surface area contributed by atoms with Crippen LogP contribution in [0.25, 0.3) is 0 Å². The van der Waals surface area contributed by atoms with E-state index in [2.05, 4.69) is 16.5 Å². The van der Waals surface area contributed by atoms with Crippen LogP contribution in [-0.2, 0) is 16.3 Å². The fourth-order valence-electron chi connectivity index (χ4n) is 3.17. The Bertz CT molecular complexity index is 985. The molecule has 1 amide bonds. The van der Waals surface area contributed by atoms with Crippen molar-refractivity contribution in [2.45, 2.75) is 38.6 Å². The van der Waals surface area contributed by atoms with Gasteiger partial charge in [0.05, 0.1) is 41.3 Å². The van der Waals surface area contributed by atoms with Gasteiger partial charge >= 0.3 is 0 Å². The lowest BCUT2D eigenvalue weighted by Crippen LogP contribution is -2.14. The van der Waals surface area contributed by atoms with Crippen LogP contribution in [0.5, 0.6) is 0 Å². The van der Waals surface area contributed by atoms with Crippen molar-refractivity contribution >= 4 is 21.4 Å². The molecule has 1 atom stereocenters. The van der Waals surface area contributed by atoms with E-state index < -0.39 is 9.84 Å². The second-order valence-electron chi connectivity index (χ2n) is 7.11. The molecule has 1 saturated heterocycles. The van der Waals surface area contributed by atoms with Crippen LogP contribution in [-0.4, -0.2) is 35.6 Å². The normalized spacial score (nSPS) is 18.4. The van der Waals surface area contributed by atoms with Crippen molar-refractivity contribution in [1.82, 2.24) is 9.78 Å². The van der Waals surface area contributed by atoms with Gasteiger partial charge in [-0.1, -0.05) is 26.0 Å². The first-order chi connectivity index (χ1) is 12.8. The lowest BCUT2D eigenvalue weighted by Gasteiger charge is -2.07. The molecule has 2 heterocycles. The van der Waals surface area contributed by atoms with Gasteiger partial charge in [0.25, 0.3) is 5.91 Å². The van der Waals surface area contributed by atoms with Crippen molar-refractivity contribution in [1.29, 1.82) is 5.26 Å². The largest absolute Gasteiger partial charge is 0.322 e. The van der Waals surface area contributed by atoms with Gasteiger partial charge in [-0.15, -0.1) is 0 Å². The molecule has 8 heteroatoms. The standard InChI is InChI=1S/C19H22N4O3S/c1-13(2)18-17(11-23(22-18)16-8-10-27(25,26)12-16)19(24)21-15-5-3-14(4-6-15)7-9-20/h3-6,11,13,16H,7-8,10,12H2,1-2H3,(H,21,24)/t16-/m0/s1. The molecule has 3 rings (SSSR count). The minimum absolute atomic E-state index is 0.0306. The highest BCUT2D eigenvalue weighted by Crippen LogP contribution is 2.27. The number of hydrogen-bond donors (Lipinski definition) is 1. The zero-order valence-electron chi connectivity index (χ0n) is 15.3. The Labute approximate surface area is 158 Å². The van der Waals surface area contributed by atoms with Crippen LogP contribution >= 0.6 is 0 Å². The summed E-state index contributed by atoms with van der Waals surface area (Å²) in [6.07, 6.45) is 2.49. The van der Waals surface area contributed by atoms with Crippen LogP contribution in [0.15, 0.2) is 30.5 Å². The lowest BCUT2D eigenvalue weighted by atomic mass is 10.1. The third kappa shape index (κ3) is 4.37. The Kier molecular flexibility index (Phi) is 5.33. The SMILES string of the molecule is CC(C)c1nn([C@H]2CCS(=O)(=O)C2)cc1C(=O)Nc1ccc(CC#N)cc1. The van der Waals surface area contributed by atoms with E-state index in [1.54, 1.807) is 35.1 Å². The minimum atomic E-state index is -3.03. The second kappa shape index (κ2) is 7.53. The summed E-state index contributed by atoms with van der Waals surface area (Å²) in [4.78, 5) is 12.8. The van der Waals surface area contributed by atoms with Crippen molar-refractivity contribution in [3.05, 3.63) is 47.3 Å². The number of rotatable bonds is 5. The fourth-order valence-corrected chi connectivity index (χ4v) is 4.88. The van der Waals surface area contributed by atoms with Crippen LogP contribution in [0.4, 0.5) is 5.69 Å². The van der Waals surface area contributed by atoms with Crippen molar-refractivity contribution < 1.29 is 13.2 Å². The van der Waals surface area contributed by atoms with Crippen molar-refractivity contribution in [2.24, 2.45) is 0 Å². The summed E-state index contributed by atoms with van der Waals surface area (Å²) in [5.74, 6) is -0.0273. The highest BCUT2D eigenvalue weighted by Gasteiger charge is 2.31. The molecule has 142 valence electrons. The van der Waals surface area contributed by atoms with Crippen LogP contribution in [0.2, 0.25) is 0 Å². The van der Waals surface area contributed by atoms with Crippen LogP contribution in [0, 0.1) is 11.3 Å². The molecule has 0 bridgehead atoms. The molecule has 1 aromatic carbocycles. The Morgan fingerprint density at radius 3 is 2.63 bits per heavy atom. The monoisotopic (exact) mass is 386 g/mol. The van der Waals surface area contributed by atoms with Gasteiger partial charge < -0.3 is 5.32 Å². The maximum absolute atomic E-state index is 12.8. The van der Waals surface area contributed by atoms with E-state index in [1.807, 2.05) is 13.8 Å². The first-order valence-electron chi connectivity index (χ1n) is 8.86. The number of amides is 1. The summed E-state index contributed by atoms with van der Waals surface area (Å²) in [6.45, 7) is 3.90. The first kappa shape index (κ1) is 19.1. The number of carbonyl (C=O) groups is 1. The summed E-state index contributed by atoms with van der Waals surface area (Å²) in [6, 6.07) is 8.98.